The summed E-state index contributed by atoms with van der Waals surface area (Å²) < 4.78 is 42.2. The number of alkyl halides is 3. The first-order chi connectivity index (χ1) is 17.1. The number of likely N-dealkylation sites (N-methyl/N-ethyl adjacent to an activating group) is 1. The zero-order valence-corrected chi connectivity index (χ0v) is 20.1. The van der Waals surface area contributed by atoms with Crippen LogP contribution in [0.1, 0.15) is 24.3 Å². The number of anilines is 1. The molecule has 196 valence electrons. The molecule has 0 radical (unpaired) electrons. The Morgan fingerprint density at radius 3 is 2.19 bits per heavy atom. The van der Waals surface area contributed by atoms with Crippen LogP contribution in [0.3, 0.4) is 0 Å². The summed E-state index contributed by atoms with van der Waals surface area (Å²) >= 11 is 0. The highest BCUT2D eigenvalue weighted by Gasteiger charge is 2.38. The number of amides is 3. The quantitative estimate of drug-likeness (QED) is 0.374. The number of hydrazine groups is 1. The zero-order chi connectivity index (χ0) is 26.3. The number of carbonyl (C=O) groups excluding carboxylic acids is 2. The summed E-state index contributed by atoms with van der Waals surface area (Å²) in [4.78, 5) is 30.1. The van der Waals surface area contributed by atoms with Crippen LogP contribution in [0.5, 0.6) is 5.75 Å². The average Bonchev–Trinajstić information content (AvgIpc) is 2.89. The Hall–Kier alpha value is -3.35. The highest BCUT2D eigenvalue weighted by atomic mass is 19.4. The van der Waals surface area contributed by atoms with E-state index in [-0.39, 0.29) is 18.1 Å². The number of aliphatic hydroxyl groups excluding tert-OH is 1. The fraction of sp³-hybridized carbons (Fsp3) is 0.417. The molecule has 0 spiro atoms. The molecule has 1 fully saturated rings. The summed E-state index contributed by atoms with van der Waals surface area (Å²) in [7, 11) is 1.56. The lowest BCUT2D eigenvalue weighted by Crippen LogP contribution is -2.52. The Bertz CT molecular complexity index is 1010. The summed E-state index contributed by atoms with van der Waals surface area (Å²) in [6.45, 7) is 6.05. The average molecular weight is 510 g/mol. The van der Waals surface area contributed by atoms with E-state index in [1.54, 1.807) is 48.4 Å². The van der Waals surface area contributed by atoms with Gasteiger partial charge in [0.15, 0.2) is 0 Å². The SMILES string of the molecule is CCN1CCN(C(=O)N(Cc2ccc(C(O)NNC(=O)C(F)(F)F)cc2)c2ccc(OC)cc2)CC1. The smallest absolute Gasteiger partial charge is 0.472 e. The number of halogens is 3. The van der Waals surface area contributed by atoms with Crippen molar-refractivity contribution in [3.63, 3.8) is 0 Å². The monoisotopic (exact) mass is 509 g/mol. The highest BCUT2D eigenvalue weighted by Crippen LogP contribution is 2.24. The van der Waals surface area contributed by atoms with Crippen molar-refractivity contribution in [1.82, 2.24) is 20.7 Å². The lowest BCUT2D eigenvalue weighted by Gasteiger charge is -2.37. The van der Waals surface area contributed by atoms with Gasteiger partial charge in [0.25, 0.3) is 0 Å². The molecule has 1 aliphatic heterocycles. The number of hydrogen-bond donors (Lipinski definition) is 3. The molecule has 2 aromatic rings. The van der Waals surface area contributed by atoms with Gasteiger partial charge in [0.1, 0.15) is 12.0 Å². The van der Waals surface area contributed by atoms with Crippen LogP contribution in [-0.2, 0) is 11.3 Å². The van der Waals surface area contributed by atoms with E-state index in [4.69, 9.17) is 4.74 Å². The second-order valence-corrected chi connectivity index (χ2v) is 8.23. The van der Waals surface area contributed by atoms with Gasteiger partial charge in [0.05, 0.1) is 13.7 Å². The third kappa shape index (κ3) is 7.09. The highest BCUT2D eigenvalue weighted by molar-refractivity contribution is 5.92. The first kappa shape index (κ1) is 27.2. The van der Waals surface area contributed by atoms with Crippen LogP contribution in [0.4, 0.5) is 23.7 Å². The summed E-state index contributed by atoms with van der Waals surface area (Å²) in [5.41, 5.74) is 4.99. The second-order valence-electron chi connectivity index (χ2n) is 8.23. The number of ether oxygens (including phenoxy) is 1. The largest absolute Gasteiger partial charge is 0.497 e. The standard InChI is InChI=1S/C24H30F3N5O4/c1-3-30-12-14-31(15-13-30)23(35)32(19-8-10-20(36-2)11-9-19)16-17-4-6-18(7-5-17)21(33)28-29-22(34)24(25,26)27/h4-11,21,28,33H,3,12-16H2,1-2H3,(H,29,34). The van der Waals surface area contributed by atoms with Crippen LogP contribution >= 0.6 is 0 Å². The molecule has 36 heavy (non-hydrogen) atoms. The van der Waals surface area contributed by atoms with Gasteiger partial charge < -0.3 is 19.6 Å². The number of rotatable bonds is 8. The molecular weight excluding hydrogens is 479 g/mol. The van der Waals surface area contributed by atoms with Crippen molar-refractivity contribution in [1.29, 1.82) is 0 Å². The molecule has 3 rings (SSSR count). The number of benzene rings is 2. The van der Waals surface area contributed by atoms with E-state index in [0.717, 1.165) is 25.2 Å². The van der Waals surface area contributed by atoms with Crippen LogP contribution in [-0.4, -0.2) is 72.9 Å². The van der Waals surface area contributed by atoms with Gasteiger partial charge in [-0.1, -0.05) is 31.2 Å². The lowest BCUT2D eigenvalue weighted by atomic mass is 10.1. The maximum atomic E-state index is 13.5. The van der Waals surface area contributed by atoms with Crippen LogP contribution in [0, 0.1) is 0 Å². The predicted molar refractivity (Wildman–Crippen MR) is 127 cm³/mol. The molecule has 2 aromatic carbocycles. The van der Waals surface area contributed by atoms with Crippen molar-refractivity contribution in [2.45, 2.75) is 25.9 Å². The van der Waals surface area contributed by atoms with E-state index in [9.17, 15) is 27.9 Å². The van der Waals surface area contributed by atoms with Gasteiger partial charge in [0, 0.05) is 31.9 Å². The third-order valence-corrected chi connectivity index (χ3v) is 5.92. The molecule has 3 N–H and O–H groups in total. The summed E-state index contributed by atoms with van der Waals surface area (Å²) in [5.74, 6) is -1.56. The fourth-order valence-electron chi connectivity index (χ4n) is 3.73. The minimum Gasteiger partial charge on any atom is -0.497 e. The minimum absolute atomic E-state index is 0.142. The number of methoxy groups -OCH3 is 1. The maximum Gasteiger partial charge on any atom is 0.472 e. The molecular formula is C24H30F3N5O4. The van der Waals surface area contributed by atoms with E-state index < -0.39 is 18.3 Å². The number of aliphatic hydroxyl groups is 1. The van der Waals surface area contributed by atoms with Gasteiger partial charge in [-0.05, 0) is 41.9 Å². The second kappa shape index (κ2) is 12.1. The van der Waals surface area contributed by atoms with Crippen LogP contribution in [0.25, 0.3) is 0 Å². The molecule has 12 heteroatoms. The normalized spacial score (nSPS) is 15.3. The summed E-state index contributed by atoms with van der Waals surface area (Å²) in [6.07, 6.45) is -6.63. The Morgan fingerprint density at radius 1 is 1.06 bits per heavy atom. The van der Waals surface area contributed by atoms with Crippen molar-refractivity contribution >= 4 is 17.6 Å². The topological polar surface area (TPSA) is 97.4 Å². The fourth-order valence-corrected chi connectivity index (χ4v) is 3.73. The maximum absolute atomic E-state index is 13.5. The van der Waals surface area contributed by atoms with Crippen molar-refractivity contribution in [2.24, 2.45) is 0 Å². The van der Waals surface area contributed by atoms with Crippen molar-refractivity contribution in [3.05, 3.63) is 59.7 Å². The Labute approximate surface area is 207 Å². The lowest BCUT2D eigenvalue weighted by molar-refractivity contribution is -0.175. The Morgan fingerprint density at radius 2 is 1.67 bits per heavy atom. The number of hydrogen-bond acceptors (Lipinski definition) is 6. The van der Waals surface area contributed by atoms with Crippen LogP contribution < -0.4 is 20.5 Å². The molecule has 0 aromatic heterocycles. The van der Waals surface area contributed by atoms with Crippen molar-refractivity contribution in [2.75, 3.05) is 44.7 Å². The van der Waals surface area contributed by atoms with Gasteiger partial charge >= 0.3 is 18.1 Å². The number of nitrogens with zero attached hydrogens (tertiary/aromatic N) is 3. The molecule has 0 bridgehead atoms. The predicted octanol–water partition coefficient (Wildman–Crippen LogP) is 2.63. The van der Waals surface area contributed by atoms with Gasteiger partial charge in [-0.25, -0.2) is 10.2 Å². The number of piperazine rings is 1. The molecule has 0 aliphatic carbocycles. The van der Waals surface area contributed by atoms with Crippen molar-refractivity contribution < 1.29 is 32.6 Å². The van der Waals surface area contributed by atoms with Crippen LogP contribution in [0.2, 0.25) is 0 Å². The van der Waals surface area contributed by atoms with Crippen LogP contribution in [0.15, 0.2) is 48.5 Å². The third-order valence-electron chi connectivity index (χ3n) is 5.92. The number of carbonyl (C=O) groups is 2. The molecule has 3 amide bonds. The van der Waals surface area contributed by atoms with Crippen molar-refractivity contribution in [3.8, 4) is 5.75 Å². The Kier molecular flexibility index (Phi) is 9.13. The molecule has 1 heterocycles. The first-order valence-electron chi connectivity index (χ1n) is 11.4. The molecule has 0 saturated carbocycles. The molecule has 9 nitrogen and oxygen atoms in total. The van der Waals surface area contributed by atoms with E-state index >= 15 is 0 Å². The molecule has 1 unspecified atom stereocenters. The van der Waals surface area contributed by atoms with Gasteiger partial charge in [-0.15, -0.1) is 0 Å². The minimum atomic E-state index is -5.07. The van der Waals surface area contributed by atoms with Gasteiger partial charge in [-0.3, -0.25) is 15.1 Å². The first-order valence-corrected chi connectivity index (χ1v) is 11.4. The van der Waals surface area contributed by atoms with E-state index in [2.05, 4.69) is 11.8 Å². The van der Waals surface area contributed by atoms with E-state index in [0.29, 0.717) is 24.5 Å². The van der Waals surface area contributed by atoms with Gasteiger partial charge in [0.2, 0.25) is 0 Å². The Balaban J connectivity index is 1.72. The number of nitrogens with one attached hydrogen (secondary N) is 2. The molecule has 1 atom stereocenters. The molecule has 1 aliphatic rings. The van der Waals surface area contributed by atoms with Gasteiger partial charge in [-0.2, -0.15) is 13.2 Å². The molecule has 1 saturated heterocycles. The number of urea groups is 1. The van der Waals surface area contributed by atoms with E-state index in [1.807, 2.05) is 10.3 Å². The zero-order valence-electron chi connectivity index (χ0n) is 20.1. The van der Waals surface area contributed by atoms with E-state index in [1.165, 1.54) is 17.6 Å². The summed E-state index contributed by atoms with van der Waals surface area (Å²) in [6, 6.07) is 13.3. The summed E-state index contributed by atoms with van der Waals surface area (Å²) in [5, 5.41) is 10.1.